The fourth-order valence-corrected chi connectivity index (χ4v) is 2.93. The predicted octanol–water partition coefficient (Wildman–Crippen LogP) is 2.22. The number of amides is 1. The summed E-state index contributed by atoms with van der Waals surface area (Å²) in [4.78, 5) is 11.3. The largest absolute Gasteiger partial charge is 0.396 e. The molecule has 0 spiro atoms. The molecule has 1 aromatic rings. The van der Waals surface area contributed by atoms with E-state index in [2.05, 4.69) is 5.32 Å². The number of hydrogen-bond acceptors (Lipinski definition) is 3. The molecule has 0 atom stereocenters. The van der Waals surface area contributed by atoms with Gasteiger partial charge in [0.05, 0.1) is 16.9 Å². The van der Waals surface area contributed by atoms with Crippen LogP contribution in [-0.2, 0) is 0 Å². The highest BCUT2D eigenvalue weighted by atomic mass is 16.1. The normalized spacial score (nSPS) is 18.6. The Morgan fingerprint density at radius 1 is 1.26 bits per heavy atom. The minimum absolute atomic E-state index is 0.402. The Morgan fingerprint density at radius 2 is 1.89 bits per heavy atom. The molecule has 0 heterocycles. The summed E-state index contributed by atoms with van der Waals surface area (Å²) >= 11 is 0. The van der Waals surface area contributed by atoms with Crippen LogP contribution in [0.1, 0.15) is 36.0 Å². The number of hydrogen-bond donors (Lipinski definition) is 3. The first-order chi connectivity index (χ1) is 9.16. The first-order valence-electron chi connectivity index (χ1n) is 7.09. The Hall–Kier alpha value is -1.71. The van der Waals surface area contributed by atoms with Gasteiger partial charge in [-0.05, 0) is 55.6 Å². The number of nitrogen functional groups attached to an aromatic ring is 1. The van der Waals surface area contributed by atoms with Gasteiger partial charge in [0.2, 0.25) is 0 Å². The molecule has 3 rings (SSSR count). The van der Waals surface area contributed by atoms with Gasteiger partial charge < -0.3 is 16.8 Å². The molecule has 2 saturated carbocycles. The molecule has 1 amide bonds. The zero-order valence-electron chi connectivity index (χ0n) is 11.1. The van der Waals surface area contributed by atoms with Gasteiger partial charge in [0.1, 0.15) is 0 Å². The van der Waals surface area contributed by atoms with E-state index in [4.69, 9.17) is 11.5 Å². The van der Waals surface area contributed by atoms with Crippen LogP contribution >= 0.6 is 0 Å². The van der Waals surface area contributed by atoms with Gasteiger partial charge in [0.15, 0.2) is 0 Å². The summed E-state index contributed by atoms with van der Waals surface area (Å²) in [6.07, 6.45) is 5.50. The number of benzene rings is 1. The maximum atomic E-state index is 11.3. The fourth-order valence-electron chi connectivity index (χ4n) is 2.93. The Kier molecular flexibility index (Phi) is 3.09. The van der Waals surface area contributed by atoms with Crippen molar-refractivity contribution >= 4 is 17.3 Å². The molecule has 1 aromatic carbocycles. The molecule has 2 aliphatic rings. The molecule has 0 unspecified atom stereocenters. The van der Waals surface area contributed by atoms with Crippen molar-refractivity contribution in [3.8, 4) is 0 Å². The lowest BCUT2D eigenvalue weighted by Gasteiger charge is -2.18. The van der Waals surface area contributed by atoms with Gasteiger partial charge in [-0.25, -0.2) is 0 Å². The molecule has 0 aromatic heterocycles. The van der Waals surface area contributed by atoms with E-state index in [1.54, 1.807) is 6.07 Å². The molecule has 19 heavy (non-hydrogen) atoms. The van der Waals surface area contributed by atoms with Gasteiger partial charge in [0, 0.05) is 6.54 Å². The lowest BCUT2D eigenvalue weighted by molar-refractivity contribution is 0.100. The van der Waals surface area contributed by atoms with Crippen LogP contribution in [-0.4, -0.2) is 12.5 Å². The molecular weight excluding hydrogens is 238 g/mol. The van der Waals surface area contributed by atoms with Crippen LogP contribution in [0.4, 0.5) is 11.4 Å². The highest BCUT2D eigenvalue weighted by molar-refractivity contribution is 6.00. The number of primary amides is 1. The predicted molar refractivity (Wildman–Crippen MR) is 76.8 cm³/mol. The van der Waals surface area contributed by atoms with Gasteiger partial charge >= 0.3 is 0 Å². The molecule has 4 heteroatoms. The molecule has 0 aliphatic heterocycles. The third-order valence-electron chi connectivity index (χ3n) is 4.35. The number of rotatable bonds is 6. The number of carbonyl (C=O) groups is 1. The minimum Gasteiger partial charge on any atom is -0.396 e. The summed E-state index contributed by atoms with van der Waals surface area (Å²) in [5.74, 6) is 2.11. The summed E-state index contributed by atoms with van der Waals surface area (Å²) in [5.41, 5.74) is 13.0. The van der Waals surface area contributed by atoms with Crippen LogP contribution in [0.2, 0.25) is 0 Å². The Bertz CT molecular complexity index is 480. The van der Waals surface area contributed by atoms with Gasteiger partial charge in [-0.15, -0.1) is 0 Å². The van der Waals surface area contributed by atoms with Gasteiger partial charge in [0.25, 0.3) is 5.91 Å². The van der Waals surface area contributed by atoms with Crippen molar-refractivity contribution in [2.75, 3.05) is 17.6 Å². The molecule has 0 saturated heterocycles. The van der Waals surface area contributed by atoms with E-state index < -0.39 is 5.91 Å². The van der Waals surface area contributed by atoms with E-state index in [0.717, 1.165) is 30.0 Å². The number of nitrogens with one attached hydrogen (secondary N) is 1. The fraction of sp³-hybridized carbons (Fsp3) is 0.533. The van der Waals surface area contributed by atoms with Crippen molar-refractivity contribution in [3.05, 3.63) is 23.8 Å². The second-order valence-corrected chi connectivity index (χ2v) is 5.85. The second-order valence-electron chi connectivity index (χ2n) is 5.85. The van der Waals surface area contributed by atoms with Gasteiger partial charge in [-0.2, -0.15) is 0 Å². The van der Waals surface area contributed by atoms with Crippen molar-refractivity contribution in [1.29, 1.82) is 0 Å². The zero-order valence-corrected chi connectivity index (χ0v) is 11.1. The third-order valence-corrected chi connectivity index (χ3v) is 4.35. The van der Waals surface area contributed by atoms with Crippen LogP contribution in [0.15, 0.2) is 18.2 Å². The molecule has 2 fully saturated rings. The van der Waals surface area contributed by atoms with Crippen molar-refractivity contribution in [3.63, 3.8) is 0 Å². The zero-order chi connectivity index (χ0) is 13.4. The van der Waals surface area contributed by atoms with Gasteiger partial charge in [-0.3, -0.25) is 4.79 Å². The van der Waals surface area contributed by atoms with Crippen LogP contribution in [0.3, 0.4) is 0 Å². The van der Waals surface area contributed by atoms with Crippen molar-refractivity contribution in [1.82, 2.24) is 0 Å². The van der Waals surface area contributed by atoms with Crippen molar-refractivity contribution in [2.45, 2.75) is 25.7 Å². The Morgan fingerprint density at radius 3 is 2.42 bits per heavy atom. The number of nitrogens with two attached hydrogens (primary N) is 2. The van der Waals surface area contributed by atoms with E-state index in [1.807, 2.05) is 12.1 Å². The van der Waals surface area contributed by atoms with Crippen molar-refractivity contribution < 1.29 is 4.79 Å². The number of carbonyl (C=O) groups excluding carboxylic acids is 1. The first kappa shape index (κ1) is 12.3. The Labute approximate surface area is 113 Å². The summed E-state index contributed by atoms with van der Waals surface area (Å²) in [5, 5.41) is 3.42. The van der Waals surface area contributed by atoms with E-state index in [9.17, 15) is 4.79 Å². The average molecular weight is 259 g/mol. The van der Waals surface area contributed by atoms with Crippen LogP contribution in [0.5, 0.6) is 0 Å². The topological polar surface area (TPSA) is 81.1 Å². The average Bonchev–Trinajstić information content (AvgIpc) is 3.25. The molecule has 102 valence electrons. The molecule has 4 nitrogen and oxygen atoms in total. The summed E-state index contributed by atoms with van der Waals surface area (Å²) in [6, 6.07) is 5.41. The number of anilines is 2. The standard InChI is InChI=1S/C15H21N3O/c16-14-11(15(17)19)2-1-3-13(14)18-8-12(9-4-5-9)10-6-7-10/h1-3,9-10,12,18H,4-8,16H2,(H2,17,19). The minimum atomic E-state index is -0.470. The lowest BCUT2D eigenvalue weighted by Crippen LogP contribution is -2.20. The highest BCUT2D eigenvalue weighted by Gasteiger charge is 2.41. The molecule has 5 N–H and O–H groups in total. The van der Waals surface area contributed by atoms with E-state index >= 15 is 0 Å². The van der Waals surface area contributed by atoms with Gasteiger partial charge in [-0.1, -0.05) is 6.07 Å². The molecule has 2 aliphatic carbocycles. The number of para-hydroxylation sites is 1. The maximum absolute atomic E-state index is 11.3. The summed E-state index contributed by atoms with van der Waals surface area (Å²) in [6.45, 7) is 0.960. The van der Waals surface area contributed by atoms with E-state index in [1.165, 1.54) is 25.7 Å². The van der Waals surface area contributed by atoms with Crippen molar-refractivity contribution in [2.24, 2.45) is 23.5 Å². The lowest BCUT2D eigenvalue weighted by atomic mass is 9.97. The van der Waals surface area contributed by atoms with E-state index in [-0.39, 0.29) is 0 Å². The first-order valence-corrected chi connectivity index (χ1v) is 7.09. The van der Waals surface area contributed by atoms with Crippen LogP contribution in [0.25, 0.3) is 0 Å². The highest BCUT2D eigenvalue weighted by Crippen LogP contribution is 2.49. The van der Waals surface area contributed by atoms with Crippen LogP contribution in [0, 0.1) is 17.8 Å². The smallest absolute Gasteiger partial charge is 0.250 e. The Balaban J connectivity index is 1.68. The SMILES string of the molecule is NC(=O)c1cccc(NCC(C2CC2)C2CC2)c1N. The van der Waals surface area contributed by atoms with E-state index in [0.29, 0.717) is 11.3 Å². The summed E-state index contributed by atoms with van der Waals surface area (Å²) < 4.78 is 0. The molecule has 0 bridgehead atoms. The van der Waals surface area contributed by atoms with Crippen LogP contribution < -0.4 is 16.8 Å². The quantitative estimate of drug-likeness (QED) is 0.685. The second kappa shape index (κ2) is 4.76. The monoisotopic (exact) mass is 259 g/mol. The third kappa shape index (κ3) is 2.67. The summed E-state index contributed by atoms with van der Waals surface area (Å²) in [7, 11) is 0. The molecule has 0 radical (unpaired) electrons. The molecular formula is C15H21N3O. The maximum Gasteiger partial charge on any atom is 0.250 e.